The van der Waals surface area contributed by atoms with Crippen LogP contribution in [-0.4, -0.2) is 140 Å². The molecule has 0 spiro atoms. The van der Waals surface area contributed by atoms with Crippen LogP contribution in [0.5, 0.6) is 0 Å². The fraction of sp³-hybridized carbons (Fsp3) is 0.793. The first-order valence-electron chi connectivity index (χ1n) is 39.5. The molecule has 0 aromatic carbocycles. The highest BCUT2D eigenvalue weighted by atomic mass is 16.7. The Morgan fingerprint density at radius 2 is 0.719 bits per heavy atom. The van der Waals surface area contributed by atoms with E-state index in [1.165, 1.54) is 186 Å². The lowest BCUT2D eigenvalue weighted by Crippen LogP contribution is -2.65. The fourth-order valence-corrected chi connectivity index (χ4v) is 12.6. The topological polar surface area (TPSA) is 228 Å². The van der Waals surface area contributed by atoms with Crippen molar-refractivity contribution in [1.82, 2.24) is 5.32 Å². The van der Waals surface area contributed by atoms with Crippen LogP contribution in [0.15, 0.2) is 97.2 Å². The molecule has 96 heavy (non-hydrogen) atoms. The van der Waals surface area contributed by atoms with Gasteiger partial charge in [-0.1, -0.05) is 336 Å². The van der Waals surface area contributed by atoms with E-state index in [1.54, 1.807) is 0 Å². The highest BCUT2D eigenvalue weighted by Gasteiger charge is 2.51. The number of hydrogen-bond donors (Lipinski definition) is 9. The number of ether oxygens (including phenoxy) is 4. The van der Waals surface area contributed by atoms with Crippen molar-refractivity contribution in [3.05, 3.63) is 97.2 Å². The summed E-state index contributed by atoms with van der Waals surface area (Å²) >= 11 is 0. The van der Waals surface area contributed by atoms with Gasteiger partial charge < -0.3 is 65.1 Å². The van der Waals surface area contributed by atoms with Crippen LogP contribution in [-0.2, 0) is 23.7 Å². The van der Waals surface area contributed by atoms with Crippen LogP contribution in [0.3, 0.4) is 0 Å². The van der Waals surface area contributed by atoms with Gasteiger partial charge in [0, 0.05) is 6.42 Å². The summed E-state index contributed by atoms with van der Waals surface area (Å²) in [6.07, 6.45) is 75.7. The average Bonchev–Trinajstić information content (AvgIpc) is 0.812. The summed E-state index contributed by atoms with van der Waals surface area (Å²) in [5, 5.41) is 87.9. The Labute approximate surface area is 585 Å². The molecular weight excluding hydrogens is 1210 g/mol. The Morgan fingerprint density at radius 3 is 1.10 bits per heavy atom. The molecule has 2 saturated heterocycles. The highest BCUT2D eigenvalue weighted by molar-refractivity contribution is 5.76. The molecule has 1 amide bonds. The van der Waals surface area contributed by atoms with E-state index in [4.69, 9.17) is 18.9 Å². The number of carbonyl (C=O) groups excluding carboxylic acids is 1. The molecule has 14 nitrogen and oxygen atoms in total. The molecule has 0 bridgehead atoms. The molecule has 14 heteroatoms. The second-order valence-electron chi connectivity index (χ2n) is 27.5. The van der Waals surface area contributed by atoms with Crippen LogP contribution in [0, 0.1) is 0 Å². The molecule has 0 aliphatic carbocycles. The minimum atomic E-state index is -1.79. The molecule has 556 valence electrons. The molecule has 0 saturated carbocycles. The average molecular weight is 1350 g/mol. The van der Waals surface area contributed by atoms with Gasteiger partial charge in [0.1, 0.15) is 48.8 Å². The van der Waals surface area contributed by atoms with Crippen molar-refractivity contribution in [2.24, 2.45) is 0 Å². The zero-order valence-electron chi connectivity index (χ0n) is 60.8. The quantitative estimate of drug-likeness (QED) is 0.0204. The van der Waals surface area contributed by atoms with E-state index in [2.05, 4.69) is 116 Å². The van der Waals surface area contributed by atoms with Gasteiger partial charge in [0.25, 0.3) is 0 Å². The molecule has 0 aromatic rings. The number of amides is 1. The molecule has 2 aliphatic heterocycles. The van der Waals surface area contributed by atoms with Crippen molar-refractivity contribution < 1.29 is 64.6 Å². The summed E-state index contributed by atoms with van der Waals surface area (Å²) in [7, 11) is 0. The Balaban J connectivity index is 1.64. The monoisotopic (exact) mass is 1350 g/mol. The van der Waals surface area contributed by atoms with Crippen molar-refractivity contribution in [2.45, 2.75) is 396 Å². The molecule has 0 radical (unpaired) electrons. The van der Waals surface area contributed by atoms with Crippen LogP contribution in [0.25, 0.3) is 0 Å². The van der Waals surface area contributed by atoms with E-state index in [0.29, 0.717) is 12.8 Å². The third-order valence-corrected chi connectivity index (χ3v) is 18.8. The Morgan fingerprint density at radius 1 is 0.385 bits per heavy atom. The standard InChI is InChI=1S/C82H145NO13/c1-3-5-7-9-11-13-15-17-19-21-23-25-27-29-31-33-34-35-36-38-40-42-44-46-48-50-52-54-56-58-60-62-64-66-74(87)83-70(69-93-81-79(92)77(90)80(73(68-85)95-81)96-82-78(91)76(89)75(88)72(67-84)94-82)71(86)65-63-61-59-57-55-53-51-49-47-45-43-41-39-37-32-30-28-26-24-22-20-18-16-14-12-10-8-6-4-2/h5,7,11,13,17,19,23,25,29,31,34-35,38,40,44,46,70-73,75-82,84-86,88-92H,3-4,6,8-10,12,14-16,18,20-22,24,26-28,30,32-33,36-37,39,41-43,45,47-69H2,1-2H3,(H,83,87)/b7-5-,13-11-,19-17-,25-23-,31-29-,35-34-,40-38-,46-44-. The number of carbonyl (C=O) groups is 1. The second kappa shape index (κ2) is 65.2. The third kappa shape index (κ3) is 47.9. The van der Waals surface area contributed by atoms with Gasteiger partial charge in [-0.2, -0.15) is 0 Å². The molecule has 12 unspecified atom stereocenters. The lowest BCUT2D eigenvalue weighted by atomic mass is 9.97. The molecular formula is C82H145NO13. The highest BCUT2D eigenvalue weighted by Crippen LogP contribution is 2.30. The normalized spacial score (nSPS) is 22.8. The minimum Gasteiger partial charge on any atom is -0.394 e. The van der Waals surface area contributed by atoms with Gasteiger partial charge in [-0.05, 0) is 77.0 Å². The minimum absolute atomic E-state index is 0.215. The smallest absolute Gasteiger partial charge is 0.220 e. The first-order chi connectivity index (χ1) is 47.1. The second-order valence-corrected chi connectivity index (χ2v) is 27.5. The van der Waals surface area contributed by atoms with Gasteiger partial charge in [0.15, 0.2) is 12.6 Å². The number of aliphatic hydroxyl groups excluding tert-OH is 8. The van der Waals surface area contributed by atoms with E-state index < -0.39 is 86.8 Å². The Bertz CT molecular complexity index is 1980. The molecule has 0 aromatic heterocycles. The predicted octanol–water partition coefficient (Wildman–Crippen LogP) is 17.7. The molecule has 2 fully saturated rings. The van der Waals surface area contributed by atoms with Gasteiger partial charge in [0.05, 0.1) is 32.0 Å². The van der Waals surface area contributed by atoms with E-state index in [0.717, 1.165) is 103 Å². The lowest BCUT2D eigenvalue weighted by Gasteiger charge is -2.46. The number of aliphatic hydroxyl groups is 8. The van der Waals surface area contributed by atoms with E-state index in [1.807, 2.05) is 0 Å². The zero-order chi connectivity index (χ0) is 69.4. The summed E-state index contributed by atoms with van der Waals surface area (Å²) < 4.78 is 23.0. The van der Waals surface area contributed by atoms with E-state index in [9.17, 15) is 45.6 Å². The van der Waals surface area contributed by atoms with Crippen LogP contribution in [0.2, 0.25) is 0 Å². The maximum Gasteiger partial charge on any atom is 0.220 e. The first-order valence-corrected chi connectivity index (χ1v) is 39.5. The zero-order valence-corrected chi connectivity index (χ0v) is 60.8. The van der Waals surface area contributed by atoms with Crippen LogP contribution in [0.4, 0.5) is 0 Å². The summed E-state index contributed by atoms with van der Waals surface area (Å²) in [5.74, 6) is -0.215. The molecule has 12 atom stereocenters. The number of nitrogens with one attached hydrogen (secondary N) is 1. The molecule has 9 N–H and O–H groups in total. The molecule has 2 aliphatic rings. The Hall–Kier alpha value is -3.09. The lowest BCUT2D eigenvalue weighted by molar-refractivity contribution is -0.359. The van der Waals surface area contributed by atoms with Gasteiger partial charge in [-0.3, -0.25) is 4.79 Å². The fourth-order valence-electron chi connectivity index (χ4n) is 12.6. The van der Waals surface area contributed by atoms with Crippen LogP contribution < -0.4 is 5.32 Å². The third-order valence-electron chi connectivity index (χ3n) is 18.8. The van der Waals surface area contributed by atoms with Gasteiger partial charge in [-0.15, -0.1) is 0 Å². The molecule has 2 heterocycles. The van der Waals surface area contributed by atoms with E-state index >= 15 is 0 Å². The Kier molecular flexibility index (Phi) is 60.5. The van der Waals surface area contributed by atoms with Crippen LogP contribution >= 0.6 is 0 Å². The van der Waals surface area contributed by atoms with Crippen molar-refractivity contribution in [3.8, 4) is 0 Å². The number of unbranched alkanes of at least 4 members (excludes halogenated alkanes) is 36. The number of hydrogen-bond acceptors (Lipinski definition) is 13. The summed E-state index contributed by atoms with van der Waals surface area (Å²) in [5.41, 5.74) is 0. The van der Waals surface area contributed by atoms with Gasteiger partial charge >= 0.3 is 0 Å². The van der Waals surface area contributed by atoms with Crippen LogP contribution in [0.1, 0.15) is 322 Å². The SMILES string of the molecule is CC/C=C\C/C=C\C/C=C\C/C=C\C/C=C\C/C=C\C/C=C\C/C=C\CCCCCCCCCCC(=O)NC(COC1OC(CO)C(OC2OC(CO)C(O)C(O)C2O)C(O)C1O)C(O)CCCCCCCCCCCCCCCCCCCCCCCCCCCCCCC. The summed E-state index contributed by atoms with van der Waals surface area (Å²) in [6.45, 7) is 2.78. The van der Waals surface area contributed by atoms with Crippen molar-refractivity contribution >= 4 is 5.91 Å². The maximum absolute atomic E-state index is 13.4. The largest absolute Gasteiger partial charge is 0.394 e. The number of allylic oxidation sites excluding steroid dienone is 16. The summed E-state index contributed by atoms with van der Waals surface area (Å²) in [6, 6.07) is -0.842. The van der Waals surface area contributed by atoms with E-state index in [-0.39, 0.29) is 18.9 Å². The van der Waals surface area contributed by atoms with Crippen molar-refractivity contribution in [1.29, 1.82) is 0 Å². The maximum atomic E-state index is 13.4. The molecule has 2 rings (SSSR count). The summed E-state index contributed by atoms with van der Waals surface area (Å²) in [4.78, 5) is 13.4. The van der Waals surface area contributed by atoms with Gasteiger partial charge in [-0.25, -0.2) is 0 Å². The number of rotatable bonds is 65. The van der Waals surface area contributed by atoms with Crippen molar-refractivity contribution in [2.75, 3.05) is 19.8 Å². The van der Waals surface area contributed by atoms with Gasteiger partial charge in [0.2, 0.25) is 5.91 Å². The van der Waals surface area contributed by atoms with Crippen molar-refractivity contribution in [3.63, 3.8) is 0 Å². The first kappa shape index (κ1) is 89.0. The predicted molar refractivity (Wildman–Crippen MR) is 396 cm³/mol.